The predicted molar refractivity (Wildman–Crippen MR) is 231 cm³/mol. The van der Waals surface area contributed by atoms with E-state index in [9.17, 15) is 29.4 Å². The Bertz CT molecular complexity index is 2040. The number of amides is 5. The van der Waals surface area contributed by atoms with Gasteiger partial charge >= 0.3 is 12.1 Å². The number of hydrogen-bond donors (Lipinski definition) is 5. The van der Waals surface area contributed by atoms with E-state index in [0.29, 0.717) is 38.4 Å². The summed E-state index contributed by atoms with van der Waals surface area (Å²) in [4.78, 5) is 61.2. The van der Waals surface area contributed by atoms with Crippen LogP contribution in [0.25, 0.3) is 11.3 Å². The van der Waals surface area contributed by atoms with Crippen LogP contribution < -0.4 is 20.7 Å². The molecule has 0 bridgehead atoms. The number of nitrogens with zero attached hydrogens (tertiary/aromatic N) is 3. The number of rotatable bonds is 19. The summed E-state index contributed by atoms with van der Waals surface area (Å²) in [6.07, 6.45) is -1.51. The molecule has 0 radical (unpaired) electrons. The van der Waals surface area contributed by atoms with Crippen molar-refractivity contribution in [2.45, 2.75) is 91.1 Å². The minimum absolute atomic E-state index is 0.0307. The highest BCUT2D eigenvalue weighted by Gasteiger charge is 2.44. The zero-order valence-corrected chi connectivity index (χ0v) is 35.6. The van der Waals surface area contributed by atoms with Gasteiger partial charge in [-0.2, -0.15) is 0 Å². The molecule has 1 aromatic heterocycles. The molecule has 1 fully saturated rings. The van der Waals surface area contributed by atoms with Gasteiger partial charge in [0, 0.05) is 50.3 Å². The van der Waals surface area contributed by atoms with Crippen molar-refractivity contribution in [1.29, 1.82) is 0 Å². The summed E-state index contributed by atoms with van der Waals surface area (Å²) >= 11 is 0. The largest absolute Gasteiger partial charge is 0.481 e. The van der Waals surface area contributed by atoms with E-state index < -0.39 is 41.2 Å². The van der Waals surface area contributed by atoms with Gasteiger partial charge in [0.05, 0.1) is 24.9 Å². The van der Waals surface area contributed by atoms with Gasteiger partial charge in [0.1, 0.15) is 6.04 Å². The second-order valence-electron chi connectivity index (χ2n) is 17.5. The van der Waals surface area contributed by atoms with Gasteiger partial charge in [-0.3, -0.25) is 9.59 Å². The number of carboxylic acid groups (broad SMARTS) is 1. The van der Waals surface area contributed by atoms with E-state index in [1.54, 1.807) is 36.8 Å². The second-order valence-corrected chi connectivity index (χ2v) is 17.5. The van der Waals surface area contributed by atoms with Crippen LogP contribution in [0.2, 0.25) is 0 Å². The van der Waals surface area contributed by atoms with E-state index in [0.717, 1.165) is 27.9 Å². The Morgan fingerprint density at radius 1 is 0.800 bits per heavy atom. The molecule has 3 aromatic carbocycles. The number of ether oxygens (including phenoxy) is 1. The number of aliphatic hydroxyl groups is 1. The SMILES string of the molecule is COc1cccc(-c2ccc(CC(CC(O)C(Cc3ccccc3)NC(=O)C(N3CCN(Cc4ccccc4)C3=O)C(C)(C)C)NC(=O)CC(C)(C)CNC(=O)O)cc2)n1. The lowest BCUT2D eigenvalue weighted by molar-refractivity contribution is -0.130. The molecule has 5 rings (SSSR count). The minimum Gasteiger partial charge on any atom is -0.481 e. The van der Waals surface area contributed by atoms with Gasteiger partial charge in [-0.05, 0) is 52.8 Å². The van der Waals surface area contributed by atoms with Crippen LogP contribution in [0.1, 0.15) is 64.2 Å². The zero-order chi connectivity index (χ0) is 43.5. The van der Waals surface area contributed by atoms with Crippen LogP contribution in [-0.2, 0) is 29.0 Å². The first-order valence-electron chi connectivity index (χ1n) is 20.5. The van der Waals surface area contributed by atoms with E-state index in [-0.39, 0.29) is 37.2 Å². The van der Waals surface area contributed by atoms with Crippen molar-refractivity contribution < 1.29 is 34.1 Å². The molecule has 0 spiro atoms. The lowest BCUT2D eigenvalue weighted by atomic mass is 9.84. The first kappa shape index (κ1) is 45.1. The lowest BCUT2D eigenvalue weighted by Gasteiger charge is -2.38. The van der Waals surface area contributed by atoms with Crippen molar-refractivity contribution in [3.8, 4) is 17.1 Å². The Morgan fingerprint density at radius 3 is 2.05 bits per heavy atom. The summed E-state index contributed by atoms with van der Waals surface area (Å²) in [5.41, 5.74) is 3.09. The number of carbonyl (C=O) groups excluding carboxylic acids is 3. The molecule has 0 aliphatic carbocycles. The summed E-state index contributed by atoms with van der Waals surface area (Å²) in [5, 5.41) is 30.0. The van der Waals surface area contributed by atoms with E-state index in [1.807, 2.05) is 118 Å². The number of nitrogens with one attached hydrogen (secondary N) is 3. The quantitative estimate of drug-likeness (QED) is 0.0734. The van der Waals surface area contributed by atoms with Crippen molar-refractivity contribution in [3.05, 3.63) is 120 Å². The second kappa shape index (κ2) is 20.3. The van der Waals surface area contributed by atoms with Gasteiger partial charge in [-0.1, -0.05) is 126 Å². The Morgan fingerprint density at radius 2 is 1.43 bits per heavy atom. The maximum atomic E-state index is 14.5. The van der Waals surface area contributed by atoms with Crippen LogP contribution >= 0.6 is 0 Å². The molecule has 1 aliphatic heterocycles. The molecule has 13 nitrogen and oxygen atoms in total. The molecule has 5 N–H and O–H groups in total. The van der Waals surface area contributed by atoms with Crippen LogP contribution in [0.3, 0.4) is 0 Å². The van der Waals surface area contributed by atoms with Gasteiger partial charge in [0.15, 0.2) is 0 Å². The number of carbonyl (C=O) groups is 4. The number of benzene rings is 3. The molecule has 60 heavy (non-hydrogen) atoms. The number of pyridine rings is 1. The molecular weight excluding hydrogens is 761 g/mol. The normalized spacial score (nSPS) is 15.2. The van der Waals surface area contributed by atoms with Gasteiger partial charge in [0.25, 0.3) is 0 Å². The number of methoxy groups -OCH3 is 1. The van der Waals surface area contributed by atoms with Crippen LogP contribution in [0.15, 0.2) is 103 Å². The highest BCUT2D eigenvalue weighted by molar-refractivity contribution is 5.89. The number of aromatic nitrogens is 1. The van der Waals surface area contributed by atoms with Crippen molar-refractivity contribution in [1.82, 2.24) is 30.7 Å². The summed E-state index contributed by atoms with van der Waals surface area (Å²) < 4.78 is 5.30. The third kappa shape index (κ3) is 13.0. The van der Waals surface area contributed by atoms with Gasteiger partial charge in [-0.15, -0.1) is 0 Å². The molecule has 320 valence electrons. The Labute approximate surface area is 353 Å². The Kier molecular flexibility index (Phi) is 15.3. The van der Waals surface area contributed by atoms with Crippen molar-refractivity contribution in [3.63, 3.8) is 0 Å². The standard InChI is InChI=1S/C47H60N6O7/c1-46(2,3)42(53-25-24-52(45(53)59)30-34-16-11-8-12-17-34)43(56)51-38(27-32-14-9-7-10-15-32)39(54)28-36(49-40(55)29-47(4,5)31-48-44(57)58)26-33-20-22-35(23-21-33)37-18-13-19-41(50-37)60-6/h7-23,36,38-39,42,48,54H,24-31H2,1-6H3,(H,49,55)(H,51,56)(H,57,58). The molecule has 4 atom stereocenters. The maximum absolute atomic E-state index is 14.5. The van der Waals surface area contributed by atoms with Crippen molar-refractivity contribution >= 4 is 23.9 Å². The van der Waals surface area contributed by atoms with E-state index in [1.165, 1.54) is 0 Å². The molecule has 4 unspecified atom stereocenters. The molecule has 4 aromatic rings. The average Bonchev–Trinajstić information content (AvgIpc) is 3.55. The third-order valence-corrected chi connectivity index (χ3v) is 10.7. The molecule has 1 aliphatic rings. The fourth-order valence-electron chi connectivity index (χ4n) is 7.73. The van der Waals surface area contributed by atoms with Crippen molar-refractivity contribution in [2.75, 3.05) is 26.7 Å². The number of hydrogen-bond acceptors (Lipinski definition) is 7. The molecular formula is C47H60N6O7. The van der Waals surface area contributed by atoms with E-state index in [2.05, 4.69) is 20.9 Å². The van der Waals surface area contributed by atoms with E-state index >= 15 is 0 Å². The molecule has 1 saturated heterocycles. The van der Waals surface area contributed by atoms with Crippen LogP contribution in [0.4, 0.5) is 9.59 Å². The Balaban J connectivity index is 1.38. The summed E-state index contributed by atoms with van der Waals surface area (Å²) in [6, 6.07) is 30.3. The van der Waals surface area contributed by atoms with Crippen LogP contribution in [-0.4, -0.2) is 99.9 Å². The highest BCUT2D eigenvalue weighted by atomic mass is 16.5. The lowest BCUT2D eigenvalue weighted by Crippen LogP contribution is -2.58. The van der Waals surface area contributed by atoms with Crippen LogP contribution in [0.5, 0.6) is 5.88 Å². The average molecular weight is 821 g/mol. The topological polar surface area (TPSA) is 173 Å². The Hall–Kier alpha value is -5.95. The number of urea groups is 1. The first-order chi connectivity index (χ1) is 28.5. The van der Waals surface area contributed by atoms with Crippen molar-refractivity contribution in [2.24, 2.45) is 10.8 Å². The smallest absolute Gasteiger partial charge is 0.404 e. The maximum Gasteiger partial charge on any atom is 0.404 e. The molecule has 13 heteroatoms. The molecule has 2 heterocycles. The first-order valence-corrected chi connectivity index (χ1v) is 20.5. The monoisotopic (exact) mass is 820 g/mol. The summed E-state index contributed by atoms with van der Waals surface area (Å²) in [6.45, 7) is 10.8. The summed E-state index contributed by atoms with van der Waals surface area (Å²) in [5.74, 6) is -0.170. The van der Waals surface area contributed by atoms with E-state index in [4.69, 9.17) is 4.74 Å². The van der Waals surface area contributed by atoms with Crippen LogP contribution in [0, 0.1) is 10.8 Å². The van der Waals surface area contributed by atoms with Gasteiger partial charge < -0.3 is 40.7 Å². The number of aliphatic hydroxyl groups excluding tert-OH is 1. The fraction of sp³-hybridized carbons (Fsp3) is 0.426. The molecule has 0 saturated carbocycles. The molecule has 5 amide bonds. The van der Waals surface area contributed by atoms with Gasteiger partial charge in [0.2, 0.25) is 17.7 Å². The zero-order valence-electron chi connectivity index (χ0n) is 35.6. The predicted octanol–water partition coefficient (Wildman–Crippen LogP) is 6.30. The summed E-state index contributed by atoms with van der Waals surface area (Å²) in [7, 11) is 1.57. The van der Waals surface area contributed by atoms with Gasteiger partial charge in [-0.25, -0.2) is 14.6 Å². The fourth-order valence-corrected chi connectivity index (χ4v) is 7.73. The highest BCUT2D eigenvalue weighted by Crippen LogP contribution is 2.30. The minimum atomic E-state index is -1.17. The third-order valence-electron chi connectivity index (χ3n) is 10.7.